The van der Waals surface area contributed by atoms with Gasteiger partial charge >= 0.3 is 5.97 Å². The summed E-state index contributed by atoms with van der Waals surface area (Å²) in [5.41, 5.74) is 1.93. The molecule has 7 nitrogen and oxygen atoms in total. The van der Waals surface area contributed by atoms with E-state index in [1.54, 1.807) is 6.92 Å². The minimum Gasteiger partial charge on any atom is -0.466 e. The van der Waals surface area contributed by atoms with E-state index in [4.69, 9.17) is 4.74 Å². The average Bonchev–Trinajstić information content (AvgIpc) is 2.83. The molecule has 3 rings (SSSR count). The van der Waals surface area contributed by atoms with Crippen LogP contribution in [0.5, 0.6) is 0 Å². The van der Waals surface area contributed by atoms with Crippen molar-refractivity contribution in [2.75, 3.05) is 45.9 Å². The molecule has 1 aromatic carbocycles. The summed E-state index contributed by atoms with van der Waals surface area (Å²) in [7, 11) is 0. The van der Waals surface area contributed by atoms with Crippen LogP contribution in [0.15, 0.2) is 24.3 Å². The third kappa shape index (κ3) is 5.64. The number of carbonyl (C=O) groups is 3. The Morgan fingerprint density at radius 2 is 1.68 bits per heavy atom. The fourth-order valence-electron chi connectivity index (χ4n) is 4.43. The van der Waals surface area contributed by atoms with E-state index in [1.807, 2.05) is 41.0 Å². The molecule has 0 saturated carbocycles. The van der Waals surface area contributed by atoms with Crippen LogP contribution in [-0.4, -0.2) is 84.4 Å². The van der Waals surface area contributed by atoms with Crippen molar-refractivity contribution in [3.63, 3.8) is 0 Å². The lowest BCUT2D eigenvalue weighted by molar-refractivity contribution is -0.152. The number of benzene rings is 1. The second-order valence-corrected chi connectivity index (χ2v) is 8.43. The first kappa shape index (κ1) is 23.3. The lowest BCUT2D eigenvalue weighted by atomic mass is 9.97. The van der Waals surface area contributed by atoms with Gasteiger partial charge in [-0.15, -0.1) is 0 Å². The zero-order valence-electron chi connectivity index (χ0n) is 19.0. The van der Waals surface area contributed by atoms with E-state index >= 15 is 0 Å². The van der Waals surface area contributed by atoms with Crippen LogP contribution in [0.4, 0.5) is 0 Å². The van der Waals surface area contributed by atoms with Crippen LogP contribution in [0, 0.1) is 5.92 Å². The number of aryl methyl sites for hydroxylation is 1. The van der Waals surface area contributed by atoms with Gasteiger partial charge < -0.3 is 14.5 Å². The average molecular weight is 430 g/mol. The molecular formula is C24H35N3O4. The predicted octanol–water partition coefficient (Wildman–Crippen LogP) is 2.20. The maximum absolute atomic E-state index is 13.1. The molecule has 170 valence electrons. The molecule has 2 aliphatic heterocycles. The third-order valence-corrected chi connectivity index (χ3v) is 6.47. The van der Waals surface area contributed by atoms with Gasteiger partial charge in [-0.1, -0.05) is 19.1 Å². The number of hydrogen-bond donors (Lipinski definition) is 0. The van der Waals surface area contributed by atoms with Crippen molar-refractivity contribution >= 4 is 17.8 Å². The molecule has 2 fully saturated rings. The molecule has 2 heterocycles. The Morgan fingerprint density at radius 3 is 2.29 bits per heavy atom. The standard InChI is InChI=1S/C24H35N3O4/c1-4-19-8-10-20(11-9-19)23(29)26-15-13-25(14-16-26)18(3)22(28)27-12-6-7-21(17-27)24(30)31-5-2/h8-11,18,21H,4-7,12-17H2,1-3H3. The fourth-order valence-corrected chi connectivity index (χ4v) is 4.43. The number of nitrogens with zero attached hydrogens (tertiary/aromatic N) is 3. The Labute approximate surface area is 185 Å². The monoisotopic (exact) mass is 429 g/mol. The van der Waals surface area contributed by atoms with Crippen LogP contribution in [0.25, 0.3) is 0 Å². The lowest BCUT2D eigenvalue weighted by Gasteiger charge is -2.40. The van der Waals surface area contributed by atoms with Crippen LogP contribution in [0.1, 0.15) is 49.5 Å². The molecule has 0 radical (unpaired) electrons. The summed E-state index contributed by atoms with van der Waals surface area (Å²) >= 11 is 0. The minimum atomic E-state index is -0.262. The van der Waals surface area contributed by atoms with E-state index in [-0.39, 0.29) is 29.7 Å². The van der Waals surface area contributed by atoms with E-state index in [2.05, 4.69) is 11.8 Å². The normalized spacial score (nSPS) is 20.9. The fraction of sp³-hybridized carbons (Fsp3) is 0.625. The molecule has 2 aliphatic rings. The summed E-state index contributed by atoms with van der Waals surface area (Å²) in [5.74, 6) is -0.316. The van der Waals surface area contributed by atoms with Crippen molar-refractivity contribution in [3.8, 4) is 0 Å². The minimum absolute atomic E-state index is 0.0505. The van der Waals surface area contributed by atoms with Crippen molar-refractivity contribution in [2.24, 2.45) is 5.92 Å². The van der Waals surface area contributed by atoms with E-state index in [0.717, 1.165) is 19.3 Å². The highest BCUT2D eigenvalue weighted by Crippen LogP contribution is 2.20. The topological polar surface area (TPSA) is 70.2 Å². The molecule has 0 bridgehead atoms. The summed E-state index contributed by atoms with van der Waals surface area (Å²) in [6, 6.07) is 7.55. The zero-order chi connectivity index (χ0) is 22.4. The summed E-state index contributed by atoms with van der Waals surface area (Å²) in [4.78, 5) is 43.8. The van der Waals surface area contributed by atoms with E-state index in [0.29, 0.717) is 51.4 Å². The number of rotatable bonds is 6. The van der Waals surface area contributed by atoms with E-state index in [1.165, 1.54) is 5.56 Å². The first-order valence-corrected chi connectivity index (χ1v) is 11.5. The Hall–Kier alpha value is -2.41. The van der Waals surface area contributed by atoms with Crippen molar-refractivity contribution in [1.29, 1.82) is 0 Å². The maximum atomic E-state index is 13.1. The van der Waals surface area contributed by atoms with Gasteiger partial charge in [0, 0.05) is 44.8 Å². The first-order chi connectivity index (χ1) is 14.9. The van der Waals surface area contributed by atoms with Crippen LogP contribution >= 0.6 is 0 Å². The number of carbonyl (C=O) groups excluding carboxylic acids is 3. The Morgan fingerprint density at radius 1 is 1.00 bits per heavy atom. The van der Waals surface area contributed by atoms with Gasteiger partial charge in [-0.25, -0.2) is 0 Å². The number of esters is 1. The number of hydrogen-bond acceptors (Lipinski definition) is 5. The van der Waals surface area contributed by atoms with Crippen molar-refractivity contribution in [3.05, 3.63) is 35.4 Å². The lowest BCUT2D eigenvalue weighted by Crippen LogP contribution is -2.56. The van der Waals surface area contributed by atoms with Gasteiger partial charge in [0.25, 0.3) is 5.91 Å². The molecule has 0 aromatic heterocycles. The molecule has 2 atom stereocenters. The number of piperidine rings is 1. The molecule has 7 heteroatoms. The Bertz CT molecular complexity index is 772. The molecule has 0 spiro atoms. The van der Waals surface area contributed by atoms with E-state index < -0.39 is 0 Å². The highest BCUT2D eigenvalue weighted by Gasteiger charge is 2.34. The molecule has 2 amide bonds. The van der Waals surface area contributed by atoms with Gasteiger partial charge in [0.15, 0.2) is 0 Å². The molecule has 0 aliphatic carbocycles. The predicted molar refractivity (Wildman–Crippen MR) is 119 cm³/mol. The van der Waals surface area contributed by atoms with Gasteiger partial charge in [0.05, 0.1) is 18.6 Å². The van der Waals surface area contributed by atoms with Gasteiger partial charge in [-0.3, -0.25) is 19.3 Å². The molecule has 31 heavy (non-hydrogen) atoms. The van der Waals surface area contributed by atoms with Crippen LogP contribution < -0.4 is 0 Å². The number of amides is 2. The molecule has 2 saturated heterocycles. The second kappa shape index (κ2) is 10.8. The number of ether oxygens (including phenoxy) is 1. The number of likely N-dealkylation sites (tertiary alicyclic amines) is 1. The first-order valence-electron chi connectivity index (χ1n) is 11.5. The summed E-state index contributed by atoms with van der Waals surface area (Å²) in [5, 5.41) is 0. The van der Waals surface area contributed by atoms with Gasteiger partial charge in [0.1, 0.15) is 0 Å². The Kier molecular flexibility index (Phi) is 8.07. The van der Waals surface area contributed by atoms with Gasteiger partial charge in [0.2, 0.25) is 5.91 Å². The van der Waals surface area contributed by atoms with Crippen LogP contribution in [0.2, 0.25) is 0 Å². The van der Waals surface area contributed by atoms with Crippen LogP contribution in [0.3, 0.4) is 0 Å². The SMILES string of the molecule is CCOC(=O)C1CCCN(C(=O)C(C)N2CCN(C(=O)c3ccc(CC)cc3)CC2)C1. The second-order valence-electron chi connectivity index (χ2n) is 8.43. The maximum Gasteiger partial charge on any atom is 0.310 e. The summed E-state index contributed by atoms with van der Waals surface area (Å²) in [6.07, 6.45) is 2.55. The van der Waals surface area contributed by atoms with Crippen molar-refractivity contribution in [2.45, 2.75) is 46.1 Å². The highest BCUT2D eigenvalue weighted by atomic mass is 16.5. The highest BCUT2D eigenvalue weighted by molar-refractivity contribution is 5.94. The third-order valence-electron chi connectivity index (χ3n) is 6.47. The van der Waals surface area contributed by atoms with Gasteiger partial charge in [-0.2, -0.15) is 0 Å². The van der Waals surface area contributed by atoms with E-state index in [9.17, 15) is 14.4 Å². The largest absolute Gasteiger partial charge is 0.466 e. The summed E-state index contributed by atoms with van der Waals surface area (Å²) < 4.78 is 5.14. The van der Waals surface area contributed by atoms with Crippen molar-refractivity contribution in [1.82, 2.24) is 14.7 Å². The Balaban J connectivity index is 1.52. The molecule has 1 aromatic rings. The summed E-state index contributed by atoms with van der Waals surface area (Å²) in [6.45, 7) is 9.87. The smallest absolute Gasteiger partial charge is 0.310 e. The number of piperazine rings is 1. The molecule has 0 N–H and O–H groups in total. The molecule has 2 unspecified atom stereocenters. The zero-order valence-corrected chi connectivity index (χ0v) is 19.0. The van der Waals surface area contributed by atoms with Gasteiger partial charge in [-0.05, 0) is 50.8 Å². The van der Waals surface area contributed by atoms with Crippen LogP contribution in [-0.2, 0) is 20.7 Å². The molecular weight excluding hydrogens is 394 g/mol. The quantitative estimate of drug-likeness (QED) is 0.649. The van der Waals surface area contributed by atoms with Crippen molar-refractivity contribution < 1.29 is 19.1 Å².